The number of aromatic nitrogens is 1. The fourth-order valence-electron chi connectivity index (χ4n) is 4.06. The van der Waals surface area contributed by atoms with Gasteiger partial charge in [-0.2, -0.15) is 26.3 Å². The quantitative estimate of drug-likeness (QED) is 0.188. The molecule has 0 bridgehead atoms. The summed E-state index contributed by atoms with van der Waals surface area (Å²) in [5.41, 5.74) is 2.83. The molecule has 4 rings (SSSR count). The van der Waals surface area contributed by atoms with Crippen molar-refractivity contribution in [3.63, 3.8) is 0 Å². The van der Waals surface area contributed by atoms with Gasteiger partial charge in [0.2, 0.25) is 0 Å². The maximum absolute atomic E-state index is 12.3. The molecule has 1 N–H and O–H groups in total. The third-order valence-corrected chi connectivity index (χ3v) is 5.55. The van der Waals surface area contributed by atoms with Gasteiger partial charge in [-0.05, 0) is 54.1 Å². The van der Waals surface area contributed by atoms with Crippen molar-refractivity contribution >= 4 is 0 Å². The van der Waals surface area contributed by atoms with Crippen LogP contribution in [0.1, 0.15) is 36.4 Å². The standard InChI is InChI=1S/C13H16F3N.C13H10F3N.CH3.Pd/c2*14-13(15,16)9-12-8-11(6-7-17-12)10-4-2-1-3-5-10;;/h1-5,11-12,17H,6-9H2;1-8H,9H2;1H3;/q;;-1;. The molecule has 1 saturated heterocycles. The number of benzene rings is 2. The smallest absolute Gasteiger partial charge is 0.358 e. The summed E-state index contributed by atoms with van der Waals surface area (Å²) >= 11 is 0. The van der Waals surface area contributed by atoms with Crippen molar-refractivity contribution in [2.45, 2.75) is 50.0 Å². The van der Waals surface area contributed by atoms with E-state index in [0.717, 1.165) is 23.1 Å². The first-order valence-electron chi connectivity index (χ1n) is 11.0. The molecule has 1 fully saturated rings. The van der Waals surface area contributed by atoms with Crippen molar-refractivity contribution in [2.75, 3.05) is 6.54 Å². The third kappa shape index (κ3) is 11.2. The minimum Gasteiger partial charge on any atom is -0.358 e. The molecule has 0 saturated carbocycles. The molecule has 9 heteroatoms. The van der Waals surface area contributed by atoms with E-state index in [0.29, 0.717) is 13.0 Å². The van der Waals surface area contributed by atoms with Crippen molar-refractivity contribution in [3.05, 3.63) is 97.7 Å². The Morgan fingerprint density at radius 3 is 2.00 bits per heavy atom. The first-order valence-corrected chi connectivity index (χ1v) is 11.0. The molecule has 2 aromatic carbocycles. The molecule has 2 unspecified atom stereocenters. The van der Waals surface area contributed by atoms with E-state index < -0.39 is 31.2 Å². The average molecular weight is 602 g/mol. The van der Waals surface area contributed by atoms with Gasteiger partial charge in [0.05, 0.1) is 12.8 Å². The van der Waals surface area contributed by atoms with Crippen LogP contribution in [0.15, 0.2) is 79.0 Å². The van der Waals surface area contributed by atoms with Gasteiger partial charge < -0.3 is 12.7 Å². The average Bonchev–Trinajstić information content (AvgIpc) is 2.79. The summed E-state index contributed by atoms with van der Waals surface area (Å²) in [6, 6.07) is 21.8. The van der Waals surface area contributed by atoms with E-state index in [-0.39, 0.29) is 39.5 Å². The number of halogens is 6. The van der Waals surface area contributed by atoms with E-state index in [1.165, 1.54) is 12.3 Å². The first kappa shape index (κ1) is 31.8. The molecule has 3 aromatic rings. The van der Waals surface area contributed by atoms with Crippen LogP contribution in [0.4, 0.5) is 26.3 Å². The maximum Gasteiger partial charge on any atom is 0.394 e. The minimum atomic E-state index is -4.22. The molecule has 0 aliphatic carbocycles. The predicted octanol–water partition coefficient (Wildman–Crippen LogP) is 7.78. The molecule has 2 heterocycles. The molecular weight excluding hydrogens is 573 g/mol. The molecule has 1 aliphatic rings. The van der Waals surface area contributed by atoms with Crippen LogP contribution in [0.2, 0.25) is 0 Å². The summed E-state index contributed by atoms with van der Waals surface area (Å²) in [5.74, 6) is 0.254. The molecule has 0 spiro atoms. The number of alkyl halides is 6. The Labute approximate surface area is 222 Å². The van der Waals surface area contributed by atoms with Crippen molar-refractivity contribution in [3.8, 4) is 11.1 Å². The van der Waals surface area contributed by atoms with E-state index in [4.69, 9.17) is 0 Å². The van der Waals surface area contributed by atoms with Crippen LogP contribution in [0.5, 0.6) is 0 Å². The van der Waals surface area contributed by atoms with Crippen LogP contribution in [-0.4, -0.2) is 29.9 Å². The second-order valence-corrected chi connectivity index (χ2v) is 8.30. The molecule has 0 radical (unpaired) electrons. The normalized spacial score (nSPS) is 17.6. The Kier molecular flexibility index (Phi) is 12.8. The summed E-state index contributed by atoms with van der Waals surface area (Å²) in [6.07, 6.45) is -7.12. The zero-order valence-corrected chi connectivity index (χ0v) is 21.3. The summed E-state index contributed by atoms with van der Waals surface area (Å²) < 4.78 is 73.7. The van der Waals surface area contributed by atoms with E-state index in [2.05, 4.69) is 10.3 Å². The van der Waals surface area contributed by atoms with Crippen LogP contribution < -0.4 is 5.32 Å². The molecule has 1 aliphatic heterocycles. The number of hydrogen-bond acceptors (Lipinski definition) is 2. The topological polar surface area (TPSA) is 24.9 Å². The van der Waals surface area contributed by atoms with Gasteiger partial charge in [0, 0.05) is 38.4 Å². The predicted molar refractivity (Wildman–Crippen MR) is 127 cm³/mol. The molecule has 1 aromatic heterocycles. The van der Waals surface area contributed by atoms with Crippen LogP contribution >= 0.6 is 0 Å². The van der Waals surface area contributed by atoms with Crippen LogP contribution in [0.25, 0.3) is 11.1 Å². The fraction of sp³-hybridized carbons (Fsp3) is 0.333. The molecule has 2 nitrogen and oxygen atoms in total. The maximum atomic E-state index is 12.3. The fourth-order valence-corrected chi connectivity index (χ4v) is 4.06. The number of rotatable bonds is 4. The summed E-state index contributed by atoms with van der Waals surface area (Å²) in [7, 11) is 0. The van der Waals surface area contributed by atoms with Gasteiger partial charge >= 0.3 is 12.4 Å². The second-order valence-electron chi connectivity index (χ2n) is 8.30. The van der Waals surface area contributed by atoms with Crippen molar-refractivity contribution < 1.29 is 46.8 Å². The molecule has 2 atom stereocenters. The summed E-state index contributed by atoms with van der Waals surface area (Å²) in [5, 5.41) is 2.96. The van der Waals surface area contributed by atoms with Crippen molar-refractivity contribution in [2.24, 2.45) is 0 Å². The Morgan fingerprint density at radius 2 is 1.42 bits per heavy atom. The zero-order chi connectivity index (χ0) is 24.6. The minimum absolute atomic E-state index is 0. The summed E-state index contributed by atoms with van der Waals surface area (Å²) in [6.45, 7) is 0.667. The van der Waals surface area contributed by atoms with Gasteiger partial charge in [-0.1, -0.05) is 60.7 Å². The Balaban J connectivity index is 0.000000341. The number of pyridine rings is 1. The van der Waals surface area contributed by atoms with E-state index in [9.17, 15) is 26.3 Å². The zero-order valence-electron chi connectivity index (χ0n) is 19.7. The number of nitrogens with one attached hydrogen (secondary N) is 1. The van der Waals surface area contributed by atoms with Crippen molar-refractivity contribution in [1.82, 2.24) is 10.3 Å². The molecule has 200 valence electrons. The molecular formula is C27H29F6N2Pd-. The van der Waals surface area contributed by atoms with Gasteiger partial charge in [0.15, 0.2) is 0 Å². The van der Waals surface area contributed by atoms with Gasteiger partial charge in [-0.15, -0.1) is 0 Å². The van der Waals surface area contributed by atoms with Crippen LogP contribution in [0, 0.1) is 7.43 Å². The van der Waals surface area contributed by atoms with Gasteiger partial charge in [-0.3, -0.25) is 4.98 Å². The molecule has 36 heavy (non-hydrogen) atoms. The third-order valence-electron chi connectivity index (χ3n) is 5.55. The number of piperidine rings is 1. The van der Waals surface area contributed by atoms with E-state index >= 15 is 0 Å². The van der Waals surface area contributed by atoms with Gasteiger partial charge in [-0.25, -0.2) is 0 Å². The Hall–Kier alpha value is -2.21. The first-order chi connectivity index (χ1) is 16.1. The van der Waals surface area contributed by atoms with Gasteiger partial charge in [0.25, 0.3) is 0 Å². The number of hydrogen-bond donors (Lipinski definition) is 1. The largest absolute Gasteiger partial charge is 0.394 e. The monoisotopic (exact) mass is 601 g/mol. The summed E-state index contributed by atoms with van der Waals surface area (Å²) in [4.78, 5) is 3.73. The van der Waals surface area contributed by atoms with Gasteiger partial charge in [0.1, 0.15) is 0 Å². The van der Waals surface area contributed by atoms with E-state index in [1.54, 1.807) is 6.07 Å². The van der Waals surface area contributed by atoms with Crippen molar-refractivity contribution in [1.29, 1.82) is 0 Å². The molecule has 0 amide bonds. The SMILES string of the molecule is FC(F)(F)CC1CC(c2ccccc2)CCN1.FC(F)(F)Cc1cc(-c2ccccc2)ccn1.[CH3-].[Pd]. The Morgan fingerprint density at radius 1 is 0.806 bits per heavy atom. The van der Waals surface area contributed by atoms with Crippen LogP contribution in [0.3, 0.4) is 0 Å². The Bertz CT molecular complexity index is 1010. The number of nitrogens with zero attached hydrogens (tertiary/aromatic N) is 1. The van der Waals surface area contributed by atoms with Crippen LogP contribution in [-0.2, 0) is 26.8 Å². The second kappa shape index (κ2) is 14.5. The van der Waals surface area contributed by atoms with E-state index in [1.807, 2.05) is 60.7 Å².